The first-order valence-corrected chi connectivity index (χ1v) is 7.41. The maximum absolute atomic E-state index is 12.1. The lowest BCUT2D eigenvalue weighted by atomic mass is 10.3. The van der Waals surface area contributed by atoms with E-state index in [2.05, 4.69) is 20.2 Å². The number of nitrogens with one attached hydrogen (secondary N) is 2. The van der Waals surface area contributed by atoms with Gasteiger partial charge in [-0.05, 0) is 18.2 Å². The molecule has 0 fully saturated rings. The molecule has 0 aliphatic carbocycles. The summed E-state index contributed by atoms with van der Waals surface area (Å²) >= 11 is 0. The minimum Gasteiger partial charge on any atom is -0.307 e. The fourth-order valence-corrected chi connectivity index (χ4v) is 2.85. The van der Waals surface area contributed by atoms with E-state index in [-0.39, 0.29) is 17.3 Å². The van der Waals surface area contributed by atoms with Crippen LogP contribution >= 0.6 is 0 Å². The van der Waals surface area contributed by atoms with Crippen LogP contribution in [0.3, 0.4) is 0 Å². The number of anilines is 1. The largest absolute Gasteiger partial charge is 0.307 e. The number of hydrogen-bond donors (Lipinski definition) is 3. The van der Waals surface area contributed by atoms with Gasteiger partial charge in [-0.15, -0.1) is 0 Å². The normalized spacial score (nSPS) is 11.5. The molecule has 0 aliphatic rings. The van der Waals surface area contributed by atoms with E-state index in [1.165, 1.54) is 18.3 Å². The zero-order valence-corrected chi connectivity index (χ0v) is 11.8. The van der Waals surface area contributed by atoms with Gasteiger partial charge >= 0.3 is 0 Å². The molecule has 108 valence electrons. The molecule has 0 spiro atoms. The highest BCUT2D eigenvalue weighted by molar-refractivity contribution is 7.89. The number of hydrazine groups is 1. The summed E-state index contributed by atoms with van der Waals surface area (Å²) in [6, 6.07) is 4.81. The highest BCUT2D eigenvalue weighted by Gasteiger charge is 2.18. The number of rotatable bonds is 6. The molecule has 0 amide bonds. The Labute approximate surface area is 117 Å². The molecule has 2 heterocycles. The Morgan fingerprint density at radius 3 is 2.85 bits per heavy atom. The molecule has 2 aromatic heterocycles. The molecule has 0 unspecified atom stereocenters. The van der Waals surface area contributed by atoms with Crippen LogP contribution in [0.4, 0.5) is 5.82 Å². The van der Waals surface area contributed by atoms with Gasteiger partial charge in [-0.25, -0.2) is 24.0 Å². The third-order valence-corrected chi connectivity index (χ3v) is 4.13. The van der Waals surface area contributed by atoms with E-state index in [4.69, 9.17) is 5.84 Å². The summed E-state index contributed by atoms with van der Waals surface area (Å²) in [5.74, 6) is 5.36. The number of aromatic nitrogens is 3. The number of sulfonamides is 1. The van der Waals surface area contributed by atoms with Crippen molar-refractivity contribution >= 4 is 15.8 Å². The van der Waals surface area contributed by atoms with E-state index < -0.39 is 10.0 Å². The second kappa shape index (κ2) is 5.99. The van der Waals surface area contributed by atoms with Crippen molar-refractivity contribution in [2.45, 2.75) is 11.3 Å². The minimum atomic E-state index is -3.66. The Hall–Kier alpha value is -1.97. The number of nitrogens with two attached hydrogens (primary N) is 1. The lowest BCUT2D eigenvalue weighted by Gasteiger charge is -2.09. The first-order valence-electron chi connectivity index (χ1n) is 5.93. The van der Waals surface area contributed by atoms with Gasteiger partial charge in [0.05, 0.1) is 5.69 Å². The van der Waals surface area contributed by atoms with E-state index >= 15 is 0 Å². The third kappa shape index (κ3) is 3.32. The van der Waals surface area contributed by atoms with Crippen molar-refractivity contribution in [2.75, 3.05) is 12.0 Å². The van der Waals surface area contributed by atoms with E-state index in [9.17, 15) is 8.42 Å². The van der Waals surface area contributed by atoms with Crippen molar-refractivity contribution < 1.29 is 8.42 Å². The van der Waals surface area contributed by atoms with E-state index in [1.54, 1.807) is 10.9 Å². The van der Waals surface area contributed by atoms with E-state index in [0.717, 1.165) is 5.69 Å². The van der Waals surface area contributed by atoms with Crippen molar-refractivity contribution in [3.63, 3.8) is 0 Å². The Bertz CT molecular complexity index is 682. The molecule has 0 aromatic carbocycles. The molecule has 0 atom stereocenters. The molecular weight excluding hydrogens is 280 g/mol. The summed E-state index contributed by atoms with van der Waals surface area (Å²) in [5.41, 5.74) is 3.09. The van der Waals surface area contributed by atoms with Gasteiger partial charge in [0.15, 0.2) is 5.82 Å². The van der Waals surface area contributed by atoms with Crippen LogP contribution in [0.15, 0.2) is 35.5 Å². The van der Waals surface area contributed by atoms with Crippen molar-refractivity contribution in [3.8, 4) is 0 Å². The van der Waals surface area contributed by atoms with Crippen LogP contribution in [0.5, 0.6) is 0 Å². The van der Waals surface area contributed by atoms with Gasteiger partial charge in [0.25, 0.3) is 0 Å². The average Bonchev–Trinajstić information content (AvgIpc) is 2.84. The topological polar surface area (TPSA) is 115 Å². The Balaban J connectivity index is 2.04. The lowest BCUT2D eigenvalue weighted by molar-refractivity contribution is 0.581. The summed E-state index contributed by atoms with van der Waals surface area (Å²) in [5, 5.41) is 4.17. The molecule has 0 aliphatic heterocycles. The second-order valence-electron chi connectivity index (χ2n) is 4.12. The van der Waals surface area contributed by atoms with Crippen LogP contribution in [0.2, 0.25) is 0 Å². The maximum atomic E-state index is 12.1. The number of hydrogen-bond acceptors (Lipinski definition) is 6. The summed E-state index contributed by atoms with van der Waals surface area (Å²) in [7, 11) is -1.85. The summed E-state index contributed by atoms with van der Waals surface area (Å²) < 4.78 is 28.4. The van der Waals surface area contributed by atoms with Gasteiger partial charge in [-0.3, -0.25) is 4.68 Å². The fraction of sp³-hybridized carbons (Fsp3) is 0.273. The first-order chi connectivity index (χ1) is 9.53. The summed E-state index contributed by atoms with van der Waals surface area (Å²) in [6.45, 7) is 0.248. The SMILES string of the molecule is Cn1ccc(CCNS(=O)(=O)c2cccnc2NN)n1. The molecule has 20 heavy (non-hydrogen) atoms. The van der Waals surface area contributed by atoms with Crippen LogP contribution < -0.4 is 16.0 Å². The summed E-state index contributed by atoms with van der Waals surface area (Å²) in [4.78, 5) is 3.88. The van der Waals surface area contributed by atoms with Crippen LogP contribution in [-0.2, 0) is 23.5 Å². The van der Waals surface area contributed by atoms with Gasteiger partial charge in [0, 0.05) is 32.4 Å². The zero-order chi connectivity index (χ0) is 14.6. The molecular formula is C11H16N6O2S. The van der Waals surface area contributed by atoms with Crippen molar-refractivity contribution in [1.29, 1.82) is 0 Å². The standard InChI is InChI=1S/C11H16N6O2S/c1-17-8-5-9(16-17)4-7-14-20(18,19)10-3-2-6-13-11(10)15-12/h2-3,5-6,8,14H,4,7,12H2,1H3,(H,13,15). The highest BCUT2D eigenvalue weighted by atomic mass is 32.2. The monoisotopic (exact) mass is 296 g/mol. The molecule has 8 nitrogen and oxygen atoms in total. The molecule has 2 rings (SSSR count). The summed E-state index contributed by atoms with van der Waals surface area (Å²) in [6.07, 6.45) is 3.77. The molecule has 0 radical (unpaired) electrons. The molecule has 4 N–H and O–H groups in total. The predicted molar refractivity (Wildman–Crippen MR) is 74.1 cm³/mol. The molecule has 0 saturated carbocycles. The Morgan fingerprint density at radius 2 is 2.20 bits per heavy atom. The van der Waals surface area contributed by atoms with Crippen molar-refractivity contribution in [2.24, 2.45) is 12.9 Å². The van der Waals surface area contributed by atoms with Gasteiger partial charge in [-0.1, -0.05) is 0 Å². The number of pyridine rings is 1. The molecule has 0 bridgehead atoms. The maximum Gasteiger partial charge on any atom is 0.244 e. The van der Waals surface area contributed by atoms with Crippen LogP contribution in [0.25, 0.3) is 0 Å². The van der Waals surface area contributed by atoms with Crippen molar-refractivity contribution in [3.05, 3.63) is 36.3 Å². The van der Waals surface area contributed by atoms with Gasteiger partial charge < -0.3 is 5.43 Å². The molecule has 2 aromatic rings. The number of nitrogen functional groups attached to an aromatic ring is 1. The van der Waals surface area contributed by atoms with Gasteiger partial charge in [-0.2, -0.15) is 5.10 Å². The fourth-order valence-electron chi connectivity index (χ4n) is 1.70. The second-order valence-corrected chi connectivity index (χ2v) is 5.86. The van der Waals surface area contributed by atoms with E-state index in [0.29, 0.717) is 6.42 Å². The van der Waals surface area contributed by atoms with Gasteiger partial charge in [0.1, 0.15) is 4.90 Å². The molecule has 0 saturated heterocycles. The zero-order valence-electron chi connectivity index (χ0n) is 10.9. The van der Waals surface area contributed by atoms with Gasteiger partial charge in [0.2, 0.25) is 10.0 Å². The minimum absolute atomic E-state index is 0.0171. The van der Waals surface area contributed by atoms with Crippen molar-refractivity contribution in [1.82, 2.24) is 19.5 Å². The Morgan fingerprint density at radius 1 is 1.40 bits per heavy atom. The predicted octanol–water partition coefficient (Wildman–Crippen LogP) is -0.378. The third-order valence-electron chi connectivity index (χ3n) is 2.64. The lowest BCUT2D eigenvalue weighted by Crippen LogP contribution is -2.27. The average molecular weight is 296 g/mol. The quantitative estimate of drug-likeness (QED) is 0.494. The van der Waals surface area contributed by atoms with Crippen LogP contribution in [0.1, 0.15) is 5.69 Å². The number of aryl methyl sites for hydroxylation is 1. The Kier molecular flexibility index (Phi) is 4.32. The van der Waals surface area contributed by atoms with Crippen LogP contribution in [0, 0.1) is 0 Å². The first kappa shape index (κ1) is 14.4. The number of nitrogens with zero attached hydrogens (tertiary/aromatic N) is 3. The van der Waals surface area contributed by atoms with E-state index in [1.807, 2.05) is 13.1 Å². The van der Waals surface area contributed by atoms with Crippen LogP contribution in [-0.4, -0.2) is 29.7 Å². The molecule has 9 heteroatoms. The highest BCUT2D eigenvalue weighted by Crippen LogP contribution is 2.16. The smallest absolute Gasteiger partial charge is 0.244 e.